The van der Waals surface area contributed by atoms with E-state index in [1.54, 1.807) is 12.1 Å². The number of hydrogen-bond donors (Lipinski definition) is 2. The van der Waals surface area contributed by atoms with Crippen LogP contribution in [-0.2, 0) is 19.3 Å². The van der Waals surface area contributed by atoms with Crippen LogP contribution in [0.25, 0.3) is 6.08 Å². The summed E-state index contributed by atoms with van der Waals surface area (Å²) < 4.78 is 53.8. The molecule has 2 aromatic carbocycles. The van der Waals surface area contributed by atoms with Crippen LogP contribution >= 0.6 is 0 Å². The van der Waals surface area contributed by atoms with Crippen molar-refractivity contribution in [3.63, 3.8) is 0 Å². The van der Waals surface area contributed by atoms with Crippen LogP contribution in [0.4, 0.5) is 17.6 Å². The number of hydrogen-bond acceptors (Lipinski definition) is 2. The van der Waals surface area contributed by atoms with Crippen LogP contribution in [0.15, 0.2) is 42.5 Å². The van der Waals surface area contributed by atoms with Crippen molar-refractivity contribution >= 4 is 6.08 Å². The van der Waals surface area contributed by atoms with E-state index in [2.05, 4.69) is 6.92 Å². The van der Waals surface area contributed by atoms with E-state index >= 15 is 0 Å². The molecule has 0 saturated heterocycles. The highest BCUT2D eigenvalue weighted by molar-refractivity contribution is 5.57. The summed E-state index contributed by atoms with van der Waals surface area (Å²) in [5, 5.41) is 21.6. The molecular formula is C28H30F4O2. The van der Waals surface area contributed by atoms with Crippen molar-refractivity contribution in [2.45, 2.75) is 69.8 Å². The molecule has 0 aliphatic heterocycles. The van der Waals surface area contributed by atoms with Crippen molar-refractivity contribution in [2.75, 3.05) is 0 Å². The molecule has 2 saturated carbocycles. The summed E-state index contributed by atoms with van der Waals surface area (Å²) in [5.41, 5.74) is 0.0954. The Kier molecular flexibility index (Phi) is 5.58. The lowest BCUT2D eigenvalue weighted by atomic mass is 9.53. The zero-order chi connectivity index (χ0) is 24.3. The third-order valence-corrected chi connectivity index (χ3v) is 9.04. The van der Waals surface area contributed by atoms with Gasteiger partial charge < -0.3 is 10.2 Å². The predicted molar refractivity (Wildman–Crippen MR) is 123 cm³/mol. The van der Waals surface area contributed by atoms with Crippen LogP contribution in [0.1, 0.15) is 72.8 Å². The minimum atomic E-state index is -4.55. The standard InChI is InChI=1S/C28H30F4O2/c1-26-11-9-22-21-6-4-20(33)15-18(21)3-5-23(22)25(26)10-13-27(26,34)12-8-19-14-17(16-29)2-7-24(19)28(30,31)32/h2,4,6-8,12,14-15,22-23,25,33-34H,3,5,9-11,13,16H2,1H3/b12-8+/t22?,23?,25?,26-,27-/m0/s1/i29-1. The van der Waals surface area contributed by atoms with Gasteiger partial charge in [0.15, 0.2) is 0 Å². The highest BCUT2D eigenvalue weighted by atomic mass is 19.4. The van der Waals surface area contributed by atoms with E-state index in [-0.39, 0.29) is 22.8 Å². The van der Waals surface area contributed by atoms with Gasteiger partial charge >= 0.3 is 6.18 Å². The second-order valence-corrected chi connectivity index (χ2v) is 10.6. The molecule has 182 valence electrons. The highest BCUT2D eigenvalue weighted by Gasteiger charge is 2.60. The number of aryl methyl sites for hydroxylation is 1. The maximum Gasteiger partial charge on any atom is 0.416 e. The van der Waals surface area contributed by atoms with E-state index in [1.165, 1.54) is 23.3 Å². The molecule has 2 N–H and O–H groups in total. The number of phenols is 1. The lowest BCUT2D eigenvalue weighted by molar-refractivity contribution is -0.137. The first-order valence-electron chi connectivity index (χ1n) is 12.1. The van der Waals surface area contributed by atoms with E-state index in [4.69, 9.17) is 0 Å². The van der Waals surface area contributed by atoms with Crippen LogP contribution < -0.4 is 0 Å². The first kappa shape index (κ1) is 23.4. The van der Waals surface area contributed by atoms with Gasteiger partial charge in [-0.25, -0.2) is 4.39 Å². The van der Waals surface area contributed by atoms with E-state index in [0.717, 1.165) is 44.2 Å². The average molecular weight is 474 g/mol. The molecule has 0 aromatic heterocycles. The maximum absolute atomic E-state index is 13.5. The van der Waals surface area contributed by atoms with Crippen LogP contribution in [0.3, 0.4) is 0 Å². The van der Waals surface area contributed by atoms with Crippen molar-refractivity contribution in [2.24, 2.45) is 17.3 Å². The van der Waals surface area contributed by atoms with Crippen molar-refractivity contribution in [3.8, 4) is 5.75 Å². The molecule has 5 rings (SSSR count). The summed E-state index contributed by atoms with van der Waals surface area (Å²) in [7, 11) is 0. The molecule has 0 amide bonds. The second-order valence-electron chi connectivity index (χ2n) is 10.6. The minimum absolute atomic E-state index is 0.108. The topological polar surface area (TPSA) is 40.5 Å². The van der Waals surface area contributed by atoms with Crippen molar-refractivity contribution < 1.29 is 27.8 Å². The summed E-state index contributed by atoms with van der Waals surface area (Å²) in [5.74, 6) is 1.33. The van der Waals surface area contributed by atoms with Gasteiger partial charge in [0.05, 0.1) is 11.2 Å². The lowest BCUT2D eigenvalue weighted by Gasteiger charge is -2.52. The Morgan fingerprint density at radius 1 is 1.06 bits per heavy atom. The highest BCUT2D eigenvalue weighted by Crippen LogP contribution is 2.64. The molecule has 3 aliphatic carbocycles. The fourth-order valence-corrected chi connectivity index (χ4v) is 7.21. The van der Waals surface area contributed by atoms with Crippen LogP contribution in [0.5, 0.6) is 5.75 Å². The Labute approximate surface area is 197 Å². The monoisotopic (exact) mass is 473 g/mol. The van der Waals surface area contributed by atoms with Gasteiger partial charge in [-0.15, -0.1) is 0 Å². The summed E-state index contributed by atoms with van der Waals surface area (Å²) in [6.07, 6.45) is 3.21. The van der Waals surface area contributed by atoms with Gasteiger partial charge in [-0.3, -0.25) is 0 Å². The van der Waals surface area contributed by atoms with Crippen LogP contribution in [0.2, 0.25) is 0 Å². The van der Waals surface area contributed by atoms with Gasteiger partial charge in [0.2, 0.25) is 0 Å². The Morgan fingerprint density at radius 3 is 2.59 bits per heavy atom. The van der Waals surface area contributed by atoms with Crippen molar-refractivity contribution in [1.82, 2.24) is 0 Å². The molecule has 0 radical (unpaired) electrons. The summed E-state index contributed by atoms with van der Waals surface area (Å²) in [4.78, 5) is 0. The number of rotatable bonds is 3. The van der Waals surface area contributed by atoms with E-state index in [0.29, 0.717) is 18.3 Å². The number of phenolic OH excluding ortho intramolecular Hbond substituents is 1. The normalized spacial score (nSPS) is 32.9. The average Bonchev–Trinajstić information content (AvgIpc) is 3.07. The Balaban J connectivity index is 1.45. The summed E-state index contributed by atoms with van der Waals surface area (Å²) in [6.45, 7) is 1.24. The van der Waals surface area contributed by atoms with Gasteiger partial charge in [0, 0.05) is 5.41 Å². The molecule has 0 bridgehead atoms. The second kappa shape index (κ2) is 8.11. The molecule has 3 aliphatic rings. The minimum Gasteiger partial charge on any atom is -0.508 e. The number of alkyl halides is 4. The quantitative estimate of drug-likeness (QED) is 0.464. The van der Waals surface area contributed by atoms with Gasteiger partial charge in [0.1, 0.15) is 12.4 Å². The van der Waals surface area contributed by atoms with Crippen LogP contribution in [-0.4, -0.2) is 15.8 Å². The first-order chi connectivity index (χ1) is 16.1. The predicted octanol–water partition coefficient (Wildman–Crippen LogP) is 7.18. The molecule has 0 heterocycles. The Hall–Kier alpha value is -2.34. The largest absolute Gasteiger partial charge is 0.508 e. The van der Waals surface area contributed by atoms with E-state index in [9.17, 15) is 27.8 Å². The smallest absolute Gasteiger partial charge is 0.416 e. The fourth-order valence-electron chi connectivity index (χ4n) is 7.21. The molecular weight excluding hydrogens is 443 g/mol. The molecule has 6 heteroatoms. The third-order valence-electron chi connectivity index (χ3n) is 9.04. The molecule has 3 unspecified atom stereocenters. The van der Waals surface area contributed by atoms with Gasteiger partial charge in [-0.05, 0) is 103 Å². The number of aliphatic hydroxyl groups is 1. The third kappa shape index (κ3) is 3.65. The zero-order valence-corrected chi connectivity index (χ0v) is 19.2. The van der Waals surface area contributed by atoms with E-state index < -0.39 is 29.4 Å². The number of aromatic hydroxyl groups is 1. The Bertz CT molecular complexity index is 1120. The summed E-state index contributed by atoms with van der Waals surface area (Å²) >= 11 is 0. The molecule has 2 aromatic rings. The van der Waals surface area contributed by atoms with Gasteiger partial charge in [-0.2, -0.15) is 13.2 Å². The fraction of sp³-hybridized carbons (Fsp3) is 0.500. The number of benzene rings is 2. The molecule has 2 nitrogen and oxygen atoms in total. The van der Waals surface area contributed by atoms with Gasteiger partial charge in [-0.1, -0.05) is 31.2 Å². The first-order valence-corrected chi connectivity index (χ1v) is 12.1. The molecule has 34 heavy (non-hydrogen) atoms. The molecule has 2 fully saturated rings. The maximum atomic E-state index is 13.5. The SMILES string of the molecule is C[C@]12CCC3c4ccc(O)cc4CCC3C1CC[C@@]2(O)/C=C/c1cc(C[18F])ccc1C(F)(F)F. The number of halogens is 4. The number of fused-ring (bicyclic) bond motifs is 5. The van der Waals surface area contributed by atoms with Gasteiger partial charge in [0.25, 0.3) is 0 Å². The lowest BCUT2D eigenvalue weighted by Crippen LogP contribution is -2.49. The molecule has 0 spiro atoms. The zero-order valence-electron chi connectivity index (χ0n) is 19.2. The van der Waals surface area contributed by atoms with Crippen molar-refractivity contribution in [1.29, 1.82) is 0 Å². The summed E-state index contributed by atoms with van der Waals surface area (Å²) in [6, 6.07) is 8.93. The van der Waals surface area contributed by atoms with E-state index in [1.807, 2.05) is 12.1 Å². The molecule has 5 atom stereocenters. The van der Waals surface area contributed by atoms with Crippen LogP contribution in [0, 0.1) is 17.3 Å². The Morgan fingerprint density at radius 2 is 1.85 bits per heavy atom. The van der Waals surface area contributed by atoms with Crippen molar-refractivity contribution in [3.05, 3.63) is 70.3 Å².